The number of halogens is 1. The number of hydrogen-bond donors (Lipinski definition) is 0. The number of fused-ring (bicyclic) bond motifs is 4. The average Bonchev–Trinajstić information content (AvgIpc) is 2.48. The van der Waals surface area contributed by atoms with Gasteiger partial charge < -0.3 is 0 Å². The van der Waals surface area contributed by atoms with Crippen molar-refractivity contribution in [3.05, 3.63) is 64.0 Å². The maximum atomic E-state index is 12.7. The van der Waals surface area contributed by atoms with Crippen molar-refractivity contribution in [1.29, 1.82) is 0 Å². The van der Waals surface area contributed by atoms with Crippen LogP contribution in [0.1, 0.15) is 0 Å². The Hall–Kier alpha value is -2.46. The first-order valence-corrected chi connectivity index (χ1v) is 6.49. The molecule has 2 aromatic heterocycles. The predicted molar refractivity (Wildman–Crippen MR) is 79.3 cm³/mol. The molecular weight excluding hydrogens is 274 g/mol. The number of rotatable bonds is 0. The van der Waals surface area contributed by atoms with E-state index in [4.69, 9.17) is 11.6 Å². The third-order valence-electron chi connectivity index (χ3n) is 3.30. The summed E-state index contributed by atoms with van der Waals surface area (Å²) < 4.78 is 1.52. The molecule has 0 amide bonds. The van der Waals surface area contributed by atoms with Gasteiger partial charge in [0.15, 0.2) is 10.8 Å². The van der Waals surface area contributed by atoms with Crippen molar-refractivity contribution < 1.29 is 0 Å². The quantitative estimate of drug-likeness (QED) is 0.368. The van der Waals surface area contributed by atoms with Crippen molar-refractivity contribution >= 4 is 39.2 Å². The number of benzene rings is 2. The smallest absolute Gasteiger partial charge is 0.266 e. The second-order valence-electron chi connectivity index (χ2n) is 4.48. The van der Waals surface area contributed by atoms with E-state index in [1.807, 2.05) is 36.4 Å². The van der Waals surface area contributed by atoms with E-state index in [2.05, 4.69) is 9.97 Å². The largest absolute Gasteiger partial charge is 0.268 e. The minimum Gasteiger partial charge on any atom is -0.268 e. The number of nitrogens with zero attached hydrogens (tertiary/aromatic N) is 3. The highest BCUT2D eigenvalue weighted by Gasteiger charge is 2.12. The molecule has 4 nitrogen and oxygen atoms in total. The molecule has 0 fully saturated rings. The molecule has 0 aliphatic carbocycles. The van der Waals surface area contributed by atoms with Crippen LogP contribution in [0.25, 0.3) is 27.6 Å². The van der Waals surface area contributed by atoms with Crippen molar-refractivity contribution in [3.63, 3.8) is 0 Å². The average molecular weight is 282 g/mol. The molecule has 0 unspecified atom stereocenters. The first kappa shape index (κ1) is 11.4. The van der Waals surface area contributed by atoms with Gasteiger partial charge in [-0.25, -0.2) is 9.97 Å². The van der Waals surface area contributed by atoms with Gasteiger partial charge >= 0.3 is 0 Å². The van der Waals surface area contributed by atoms with Gasteiger partial charge in [-0.1, -0.05) is 35.9 Å². The molecule has 0 atom stereocenters. The van der Waals surface area contributed by atoms with E-state index in [9.17, 15) is 4.79 Å². The van der Waals surface area contributed by atoms with Crippen LogP contribution in [-0.4, -0.2) is 14.4 Å². The Morgan fingerprint density at radius 2 is 1.60 bits per heavy atom. The van der Waals surface area contributed by atoms with Crippen molar-refractivity contribution in [3.8, 4) is 0 Å². The molecule has 4 aromatic rings. The highest BCUT2D eigenvalue weighted by atomic mass is 35.5. The number of hydrogen-bond acceptors (Lipinski definition) is 3. The maximum absolute atomic E-state index is 12.7. The van der Waals surface area contributed by atoms with Gasteiger partial charge in [0.2, 0.25) is 0 Å². The van der Waals surface area contributed by atoms with Gasteiger partial charge in [0.1, 0.15) is 0 Å². The van der Waals surface area contributed by atoms with Crippen molar-refractivity contribution in [1.82, 2.24) is 14.4 Å². The molecule has 0 saturated heterocycles. The maximum Gasteiger partial charge on any atom is 0.266 e. The molecule has 0 saturated carbocycles. The molecule has 96 valence electrons. The van der Waals surface area contributed by atoms with Gasteiger partial charge in [-0.15, -0.1) is 0 Å². The van der Waals surface area contributed by atoms with Crippen molar-refractivity contribution in [2.45, 2.75) is 0 Å². The minimum atomic E-state index is -0.133. The van der Waals surface area contributed by atoms with Crippen LogP contribution < -0.4 is 5.56 Å². The van der Waals surface area contributed by atoms with Crippen molar-refractivity contribution in [2.24, 2.45) is 0 Å². The van der Waals surface area contributed by atoms with Crippen LogP contribution in [-0.2, 0) is 0 Å². The topological polar surface area (TPSA) is 47.3 Å². The summed E-state index contributed by atoms with van der Waals surface area (Å²) >= 11 is 6.18. The van der Waals surface area contributed by atoms with Crippen LogP contribution in [0.5, 0.6) is 0 Å². The summed E-state index contributed by atoms with van der Waals surface area (Å²) in [6.07, 6.45) is 0. The molecule has 0 N–H and O–H groups in total. The Morgan fingerprint density at radius 1 is 0.900 bits per heavy atom. The van der Waals surface area contributed by atoms with Crippen LogP contribution >= 0.6 is 11.6 Å². The van der Waals surface area contributed by atoms with E-state index < -0.39 is 0 Å². The molecule has 4 rings (SSSR count). The van der Waals surface area contributed by atoms with Crippen LogP contribution in [0.15, 0.2) is 53.3 Å². The summed E-state index contributed by atoms with van der Waals surface area (Å²) in [7, 11) is 0. The van der Waals surface area contributed by atoms with Gasteiger partial charge in [-0.3, -0.25) is 9.20 Å². The molecule has 0 aliphatic rings. The summed E-state index contributed by atoms with van der Waals surface area (Å²) in [5, 5.41) is 0.795. The van der Waals surface area contributed by atoms with Crippen LogP contribution in [0.4, 0.5) is 0 Å². The highest BCUT2D eigenvalue weighted by molar-refractivity contribution is 6.32. The number of para-hydroxylation sites is 3. The lowest BCUT2D eigenvalue weighted by molar-refractivity contribution is 1.10. The van der Waals surface area contributed by atoms with Crippen LogP contribution in [0.3, 0.4) is 0 Å². The number of aromatic nitrogens is 3. The molecule has 2 aromatic carbocycles. The Morgan fingerprint density at radius 3 is 2.45 bits per heavy atom. The predicted octanol–water partition coefficient (Wildman–Crippen LogP) is 3.05. The Labute approximate surface area is 118 Å². The van der Waals surface area contributed by atoms with E-state index in [-0.39, 0.29) is 10.7 Å². The van der Waals surface area contributed by atoms with E-state index in [0.29, 0.717) is 27.6 Å². The van der Waals surface area contributed by atoms with E-state index in [1.54, 1.807) is 12.1 Å². The molecule has 5 heteroatoms. The van der Waals surface area contributed by atoms with Crippen molar-refractivity contribution in [2.75, 3.05) is 0 Å². The molecule has 0 bridgehead atoms. The first-order valence-electron chi connectivity index (χ1n) is 6.11. The zero-order chi connectivity index (χ0) is 13.7. The van der Waals surface area contributed by atoms with Gasteiger partial charge in [0.25, 0.3) is 5.56 Å². The molecule has 0 spiro atoms. The molecule has 0 radical (unpaired) electrons. The summed E-state index contributed by atoms with van der Waals surface area (Å²) in [6.45, 7) is 0. The Kier molecular flexibility index (Phi) is 2.28. The highest BCUT2D eigenvalue weighted by Crippen LogP contribution is 2.20. The van der Waals surface area contributed by atoms with Gasteiger partial charge in [0, 0.05) is 0 Å². The van der Waals surface area contributed by atoms with Gasteiger partial charge in [-0.05, 0) is 24.3 Å². The van der Waals surface area contributed by atoms with Gasteiger partial charge in [0.05, 0.1) is 21.9 Å². The minimum absolute atomic E-state index is 0.133. The van der Waals surface area contributed by atoms with Crippen LogP contribution in [0, 0.1) is 0 Å². The summed E-state index contributed by atoms with van der Waals surface area (Å²) in [6, 6.07) is 14.6. The monoisotopic (exact) mass is 281 g/mol. The SMILES string of the molecule is O=c1c2ccccc2nc2c(Cl)nc3ccccc3n12. The summed E-state index contributed by atoms with van der Waals surface area (Å²) in [5.74, 6) is 0. The third kappa shape index (κ3) is 1.45. The molecule has 2 heterocycles. The fraction of sp³-hybridized carbons (Fsp3) is 0. The fourth-order valence-corrected chi connectivity index (χ4v) is 2.62. The summed E-state index contributed by atoms with van der Waals surface area (Å²) in [5.41, 5.74) is 2.25. The van der Waals surface area contributed by atoms with Gasteiger partial charge in [-0.2, -0.15) is 0 Å². The molecule has 20 heavy (non-hydrogen) atoms. The molecule has 0 aliphatic heterocycles. The summed E-state index contributed by atoms with van der Waals surface area (Å²) in [4.78, 5) is 21.4. The Bertz CT molecular complexity index is 1040. The Balaban J connectivity index is 2.41. The first-order chi connectivity index (χ1) is 9.75. The van der Waals surface area contributed by atoms with E-state index in [1.165, 1.54) is 4.40 Å². The van der Waals surface area contributed by atoms with E-state index in [0.717, 1.165) is 0 Å². The lowest BCUT2D eigenvalue weighted by Gasteiger charge is -2.07. The second-order valence-corrected chi connectivity index (χ2v) is 4.84. The normalized spacial score (nSPS) is 11.4. The third-order valence-corrected chi connectivity index (χ3v) is 3.56. The molecular formula is C15H8ClN3O. The van der Waals surface area contributed by atoms with Crippen LogP contribution in [0.2, 0.25) is 5.15 Å². The van der Waals surface area contributed by atoms with E-state index >= 15 is 0 Å². The fourth-order valence-electron chi connectivity index (χ4n) is 2.40. The second kappa shape index (κ2) is 4.02. The lowest BCUT2D eigenvalue weighted by Crippen LogP contribution is -2.16. The lowest BCUT2D eigenvalue weighted by atomic mass is 10.2. The standard InChI is InChI=1S/C15H8ClN3O/c16-13-14-18-10-6-2-1-5-9(10)15(20)19(14)12-8-4-3-7-11(12)17-13/h1-8H. The zero-order valence-corrected chi connectivity index (χ0v) is 11.0. The zero-order valence-electron chi connectivity index (χ0n) is 10.2.